The summed E-state index contributed by atoms with van der Waals surface area (Å²) < 4.78 is 31.7. The van der Waals surface area contributed by atoms with Crippen LogP contribution in [0.25, 0.3) is 0 Å². The highest BCUT2D eigenvalue weighted by atomic mass is 32.2. The van der Waals surface area contributed by atoms with Crippen LogP contribution < -0.4 is 10.0 Å². The van der Waals surface area contributed by atoms with Crippen LogP contribution in [0.15, 0.2) is 29.2 Å². The summed E-state index contributed by atoms with van der Waals surface area (Å²) in [7, 11) is -1.82. The molecule has 1 aliphatic carbocycles. The van der Waals surface area contributed by atoms with Gasteiger partial charge in [-0.15, -0.1) is 0 Å². The van der Waals surface area contributed by atoms with E-state index in [4.69, 9.17) is 4.74 Å². The fourth-order valence-electron chi connectivity index (χ4n) is 1.88. The van der Waals surface area contributed by atoms with E-state index in [0.29, 0.717) is 30.5 Å². The van der Waals surface area contributed by atoms with E-state index in [2.05, 4.69) is 10.0 Å². The number of rotatable bonds is 9. The molecule has 1 saturated carbocycles. The predicted octanol–water partition coefficient (Wildman–Crippen LogP) is 1.25. The van der Waals surface area contributed by atoms with Crippen molar-refractivity contribution in [1.29, 1.82) is 0 Å². The maximum atomic E-state index is 12.1. The normalized spacial score (nSPS) is 15.4. The lowest BCUT2D eigenvalue weighted by atomic mass is 10.2. The van der Waals surface area contributed by atoms with Gasteiger partial charge in [-0.3, -0.25) is 0 Å². The maximum absolute atomic E-state index is 12.1. The maximum Gasteiger partial charge on any atom is 0.240 e. The fraction of sp³-hybridized carbons (Fsp3) is 0.571. The van der Waals surface area contributed by atoms with E-state index in [9.17, 15) is 8.42 Å². The van der Waals surface area contributed by atoms with E-state index in [1.165, 1.54) is 12.8 Å². The van der Waals surface area contributed by atoms with Gasteiger partial charge in [-0.05, 0) is 37.0 Å². The molecule has 2 rings (SSSR count). The monoisotopic (exact) mass is 298 g/mol. The Kier molecular flexibility index (Phi) is 5.54. The van der Waals surface area contributed by atoms with Crippen LogP contribution in [-0.4, -0.2) is 34.7 Å². The van der Waals surface area contributed by atoms with Gasteiger partial charge in [-0.1, -0.05) is 12.1 Å². The van der Waals surface area contributed by atoms with Crippen molar-refractivity contribution in [3.05, 3.63) is 29.8 Å². The standard InChI is InChI=1S/C14H22N2O3S/c1-19-9-3-8-16-20(17,18)14-5-2-4-12(10-14)11-15-13-6-7-13/h2,4-5,10,13,15-16H,3,6-9,11H2,1H3. The highest BCUT2D eigenvalue weighted by molar-refractivity contribution is 7.89. The minimum absolute atomic E-state index is 0.324. The molecule has 1 aliphatic rings. The van der Waals surface area contributed by atoms with Gasteiger partial charge in [0.25, 0.3) is 0 Å². The second-order valence-electron chi connectivity index (χ2n) is 5.05. The summed E-state index contributed by atoms with van der Waals surface area (Å²) in [6, 6.07) is 7.70. The number of hydrogen-bond acceptors (Lipinski definition) is 4. The van der Waals surface area contributed by atoms with Gasteiger partial charge in [0.1, 0.15) is 0 Å². The number of sulfonamides is 1. The average Bonchev–Trinajstić information content (AvgIpc) is 3.26. The van der Waals surface area contributed by atoms with E-state index in [1.54, 1.807) is 25.3 Å². The number of ether oxygens (including phenoxy) is 1. The smallest absolute Gasteiger partial charge is 0.240 e. The third-order valence-corrected chi connectivity index (χ3v) is 4.66. The highest BCUT2D eigenvalue weighted by Gasteiger charge is 2.20. The highest BCUT2D eigenvalue weighted by Crippen LogP contribution is 2.19. The summed E-state index contributed by atoms with van der Waals surface area (Å²) in [6.07, 6.45) is 3.11. The molecule has 20 heavy (non-hydrogen) atoms. The molecule has 1 aromatic rings. The van der Waals surface area contributed by atoms with Crippen molar-refractivity contribution < 1.29 is 13.2 Å². The van der Waals surface area contributed by atoms with Gasteiger partial charge >= 0.3 is 0 Å². The molecule has 0 bridgehead atoms. The van der Waals surface area contributed by atoms with Gasteiger partial charge in [-0.25, -0.2) is 13.1 Å². The Balaban J connectivity index is 1.93. The topological polar surface area (TPSA) is 67.4 Å². The van der Waals surface area contributed by atoms with Crippen LogP contribution in [-0.2, 0) is 21.3 Å². The number of benzene rings is 1. The third kappa shape index (κ3) is 4.86. The molecule has 6 heteroatoms. The van der Waals surface area contributed by atoms with Crippen LogP contribution in [0.5, 0.6) is 0 Å². The van der Waals surface area contributed by atoms with Crippen molar-refractivity contribution >= 4 is 10.0 Å². The Labute approximate surface area is 120 Å². The molecule has 112 valence electrons. The molecule has 0 radical (unpaired) electrons. The van der Waals surface area contributed by atoms with Crippen molar-refractivity contribution in [2.75, 3.05) is 20.3 Å². The summed E-state index contributed by atoms with van der Waals surface area (Å²) in [6.45, 7) is 1.66. The summed E-state index contributed by atoms with van der Waals surface area (Å²) in [5.41, 5.74) is 0.997. The van der Waals surface area contributed by atoms with Crippen LogP contribution in [0, 0.1) is 0 Å². The molecule has 0 atom stereocenters. The fourth-order valence-corrected chi connectivity index (χ4v) is 3.02. The van der Waals surface area contributed by atoms with E-state index < -0.39 is 10.0 Å². The second kappa shape index (κ2) is 7.17. The lowest BCUT2D eigenvalue weighted by Gasteiger charge is -2.09. The van der Waals surface area contributed by atoms with Gasteiger partial charge in [0.2, 0.25) is 10.0 Å². The Morgan fingerprint density at radius 2 is 2.15 bits per heavy atom. The minimum atomic E-state index is -3.42. The van der Waals surface area contributed by atoms with Gasteiger partial charge in [0.05, 0.1) is 4.90 Å². The van der Waals surface area contributed by atoms with E-state index in [1.807, 2.05) is 6.07 Å². The summed E-state index contributed by atoms with van der Waals surface area (Å²) in [5.74, 6) is 0. The number of methoxy groups -OCH3 is 1. The van der Waals surface area contributed by atoms with Crippen molar-refractivity contribution in [3.8, 4) is 0 Å². The number of hydrogen-bond donors (Lipinski definition) is 2. The van der Waals surface area contributed by atoms with Crippen LogP contribution in [0.4, 0.5) is 0 Å². The molecule has 1 aromatic carbocycles. The first-order valence-electron chi connectivity index (χ1n) is 6.93. The van der Waals surface area contributed by atoms with Gasteiger partial charge in [0.15, 0.2) is 0 Å². The van der Waals surface area contributed by atoms with Crippen molar-refractivity contribution in [1.82, 2.24) is 10.0 Å². The zero-order chi connectivity index (χ0) is 14.4. The molecule has 2 N–H and O–H groups in total. The van der Waals surface area contributed by atoms with Crippen LogP contribution in [0.1, 0.15) is 24.8 Å². The van der Waals surface area contributed by atoms with Gasteiger partial charge in [0, 0.05) is 32.8 Å². The zero-order valence-electron chi connectivity index (χ0n) is 11.8. The summed E-state index contributed by atoms with van der Waals surface area (Å²) in [4.78, 5) is 0.324. The first-order chi connectivity index (χ1) is 9.62. The molecule has 0 spiro atoms. The Morgan fingerprint density at radius 1 is 1.35 bits per heavy atom. The molecular weight excluding hydrogens is 276 g/mol. The molecule has 1 fully saturated rings. The molecule has 0 aromatic heterocycles. The lowest BCUT2D eigenvalue weighted by molar-refractivity contribution is 0.196. The first-order valence-corrected chi connectivity index (χ1v) is 8.41. The van der Waals surface area contributed by atoms with Crippen molar-refractivity contribution in [2.45, 2.75) is 36.7 Å². The molecule has 0 saturated heterocycles. The third-order valence-electron chi connectivity index (χ3n) is 3.20. The predicted molar refractivity (Wildman–Crippen MR) is 78.0 cm³/mol. The molecular formula is C14H22N2O3S. The Bertz CT molecular complexity index is 527. The van der Waals surface area contributed by atoms with Crippen molar-refractivity contribution in [2.24, 2.45) is 0 Å². The Hall–Kier alpha value is -0.950. The molecule has 0 heterocycles. The lowest BCUT2D eigenvalue weighted by Crippen LogP contribution is -2.25. The van der Waals surface area contributed by atoms with Crippen LogP contribution >= 0.6 is 0 Å². The Morgan fingerprint density at radius 3 is 2.85 bits per heavy atom. The quantitative estimate of drug-likeness (QED) is 0.673. The average molecular weight is 298 g/mol. The van der Waals surface area contributed by atoms with Crippen LogP contribution in [0.2, 0.25) is 0 Å². The SMILES string of the molecule is COCCCNS(=O)(=O)c1cccc(CNC2CC2)c1. The molecule has 0 unspecified atom stereocenters. The van der Waals surface area contributed by atoms with Gasteiger partial charge < -0.3 is 10.1 Å². The zero-order valence-corrected chi connectivity index (χ0v) is 12.6. The second-order valence-corrected chi connectivity index (χ2v) is 6.81. The van der Waals surface area contributed by atoms with E-state index in [-0.39, 0.29) is 0 Å². The van der Waals surface area contributed by atoms with E-state index in [0.717, 1.165) is 12.1 Å². The minimum Gasteiger partial charge on any atom is -0.385 e. The molecule has 0 amide bonds. The summed E-state index contributed by atoms with van der Waals surface area (Å²) >= 11 is 0. The summed E-state index contributed by atoms with van der Waals surface area (Å²) in [5, 5.41) is 3.38. The van der Waals surface area contributed by atoms with Crippen molar-refractivity contribution in [3.63, 3.8) is 0 Å². The number of nitrogens with one attached hydrogen (secondary N) is 2. The largest absolute Gasteiger partial charge is 0.385 e. The van der Waals surface area contributed by atoms with E-state index >= 15 is 0 Å². The molecule has 5 nitrogen and oxygen atoms in total. The molecule has 0 aliphatic heterocycles. The first kappa shape index (κ1) is 15.4. The van der Waals surface area contributed by atoms with Crippen LogP contribution in [0.3, 0.4) is 0 Å². The van der Waals surface area contributed by atoms with Gasteiger partial charge in [-0.2, -0.15) is 0 Å².